The van der Waals surface area contributed by atoms with Crippen molar-refractivity contribution in [1.82, 2.24) is 5.32 Å². The maximum absolute atomic E-state index is 9.02. The van der Waals surface area contributed by atoms with Crippen LogP contribution in [0.15, 0.2) is 0 Å². The van der Waals surface area contributed by atoms with Gasteiger partial charge >= 0.3 is 0 Å². The first-order valence-electron chi connectivity index (χ1n) is 5.96. The summed E-state index contributed by atoms with van der Waals surface area (Å²) in [4.78, 5) is 0. The molecule has 0 aromatic rings. The lowest BCUT2D eigenvalue weighted by atomic mass is 9.70. The average Bonchev–Trinajstić information content (AvgIpc) is 2.16. The third-order valence-electron chi connectivity index (χ3n) is 3.58. The summed E-state index contributed by atoms with van der Waals surface area (Å²) < 4.78 is 0. The Morgan fingerprint density at radius 2 is 1.93 bits per heavy atom. The zero-order chi connectivity index (χ0) is 11.5. The molecule has 1 aliphatic carbocycles. The quantitative estimate of drug-likeness (QED) is 0.659. The Balaban J connectivity index is 2.44. The van der Waals surface area contributed by atoms with E-state index < -0.39 is 0 Å². The molecular formula is C12H25NO2. The highest BCUT2D eigenvalue weighted by molar-refractivity contribution is 4.88. The van der Waals surface area contributed by atoms with Gasteiger partial charge in [0.2, 0.25) is 0 Å². The summed E-state index contributed by atoms with van der Waals surface area (Å²) in [5.74, 6) is 0.620. The second-order valence-electron chi connectivity index (χ2n) is 5.72. The van der Waals surface area contributed by atoms with Gasteiger partial charge in [0.15, 0.2) is 0 Å². The van der Waals surface area contributed by atoms with E-state index in [1.54, 1.807) is 0 Å². The van der Waals surface area contributed by atoms with Gasteiger partial charge in [-0.2, -0.15) is 0 Å². The lowest BCUT2D eigenvalue weighted by Crippen LogP contribution is -2.48. The Bertz CT molecular complexity index is 190. The van der Waals surface area contributed by atoms with Crippen LogP contribution >= 0.6 is 0 Å². The molecule has 1 fully saturated rings. The first kappa shape index (κ1) is 12.9. The highest BCUT2D eigenvalue weighted by Gasteiger charge is 2.32. The Kier molecular flexibility index (Phi) is 4.56. The number of rotatable bonds is 4. The molecule has 1 aliphatic rings. The Labute approximate surface area is 92.9 Å². The molecule has 0 heterocycles. The topological polar surface area (TPSA) is 52.5 Å². The van der Waals surface area contributed by atoms with E-state index in [0.717, 1.165) is 6.42 Å². The molecule has 15 heavy (non-hydrogen) atoms. The van der Waals surface area contributed by atoms with Crippen LogP contribution in [0, 0.1) is 11.3 Å². The molecule has 0 bridgehead atoms. The van der Waals surface area contributed by atoms with Crippen LogP contribution in [0.4, 0.5) is 0 Å². The van der Waals surface area contributed by atoms with Gasteiger partial charge < -0.3 is 15.5 Å². The smallest absolute Gasteiger partial charge is 0.0607 e. The highest BCUT2D eigenvalue weighted by Crippen LogP contribution is 2.38. The van der Waals surface area contributed by atoms with E-state index in [-0.39, 0.29) is 19.3 Å². The minimum absolute atomic E-state index is 0.0170. The third-order valence-corrected chi connectivity index (χ3v) is 3.58. The maximum Gasteiger partial charge on any atom is 0.0607 e. The Morgan fingerprint density at radius 3 is 2.40 bits per heavy atom. The molecule has 2 unspecified atom stereocenters. The zero-order valence-electron chi connectivity index (χ0n) is 10.2. The number of aliphatic hydroxyl groups excluding tert-OH is 2. The third kappa shape index (κ3) is 3.74. The summed E-state index contributed by atoms with van der Waals surface area (Å²) >= 11 is 0. The van der Waals surface area contributed by atoms with Crippen molar-refractivity contribution in [2.45, 2.75) is 52.1 Å². The minimum atomic E-state index is -0.154. The minimum Gasteiger partial charge on any atom is -0.395 e. The number of hydrogen-bond donors (Lipinski definition) is 3. The first-order chi connectivity index (χ1) is 6.98. The van der Waals surface area contributed by atoms with Crippen LogP contribution in [-0.4, -0.2) is 35.5 Å². The maximum atomic E-state index is 9.02. The molecule has 0 amide bonds. The van der Waals surface area contributed by atoms with Crippen LogP contribution in [0.5, 0.6) is 0 Å². The Hall–Kier alpha value is -0.120. The largest absolute Gasteiger partial charge is 0.395 e. The van der Waals surface area contributed by atoms with Crippen molar-refractivity contribution in [3.05, 3.63) is 0 Å². The van der Waals surface area contributed by atoms with Crippen LogP contribution in [0.25, 0.3) is 0 Å². The second-order valence-corrected chi connectivity index (χ2v) is 5.72. The fourth-order valence-electron chi connectivity index (χ4n) is 2.66. The summed E-state index contributed by atoms with van der Waals surface area (Å²) in [5.41, 5.74) is 0.450. The van der Waals surface area contributed by atoms with Gasteiger partial charge in [-0.05, 0) is 30.6 Å². The molecule has 0 aliphatic heterocycles. The highest BCUT2D eigenvalue weighted by atomic mass is 16.3. The predicted molar refractivity (Wildman–Crippen MR) is 61.7 cm³/mol. The van der Waals surface area contributed by atoms with E-state index in [1.807, 2.05) is 0 Å². The molecule has 3 N–H and O–H groups in total. The van der Waals surface area contributed by atoms with Gasteiger partial charge in [-0.3, -0.25) is 0 Å². The normalized spacial score (nSPS) is 30.8. The second kappa shape index (κ2) is 5.28. The summed E-state index contributed by atoms with van der Waals surface area (Å²) in [7, 11) is 0. The fraction of sp³-hybridized carbons (Fsp3) is 1.00. The van der Waals surface area contributed by atoms with Gasteiger partial charge in [-0.25, -0.2) is 0 Å². The number of nitrogens with one attached hydrogen (secondary N) is 1. The monoisotopic (exact) mass is 215 g/mol. The summed E-state index contributed by atoms with van der Waals surface area (Å²) in [5, 5.41) is 21.4. The molecule has 1 saturated carbocycles. The van der Waals surface area contributed by atoms with Crippen LogP contribution in [0.1, 0.15) is 40.0 Å². The van der Waals surface area contributed by atoms with Gasteiger partial charge in [0.1, 0.15) is 0 Å². The molecule has 0 aromatic heterocycles. The van der Waals surface area contributed by atoms with Crippen molar-refractivity contribution >= 4 is 0 Å². The van der Waals surface area contributed by atoms with Crippen LogP contribution in [0.3, 0.4) is 0 Å². The van der Waals surface area contributed by atoms with Gasteiger partial charge in [-0.15, -0.1) is 0 Å². The van der Waals surface area contributed by atoms with Gasteiger partial charge in [0.25, 0.3) is 0 Å². The summed E-state index contributed by atoms with van der Waals surface area (Å²) in [6.45, 7) is 6.92. The molecule has 0 radical (unpaired) electrons. The van der Waals surface area contributed by atoms with E-state index in [4.69, 9.17) is 10.2 Å². The van der Waals surface area contributed by atoms with Gasteiger partial charge in [0.05, 0.1) is 19.3 Å². The standard InChI is InChI=1S/C12H25NO2/c1-9-6-12(2,3)5-4-11(9)13-10(7-14)8-15/h9-11,13-15H,4-8H2,1-3H3. The van der Waals surface area contributed by atoms with Crippen molar-refractivity contribution in [1.29, 1.82) is 0 Å². The van der Waals surface area contributed by atoms with Gasteiger partial charge in [-0.1, -0.05) is 20.8 Å². The molecule has 2 atom stereocenters. The molecule has 0 spiro atoms. The number of aliphatic hydroxyl groups is 2. The van der Waals surface area contributed by atoms with Crippen molar-refractivity contribution in [2.24, 2.45) is 11.3 Å². The lowest BCUT2D eigenvalue weighted by Gasteiger charge is -2.40. The lowest BCUT2D eigenvalue weighted by molar-refractivity contribution is 0.108. The van der Waals surface area contributed by atoms with E-state index in [2.05, 4.69) is 26.1 Å². The molecular weight excluding hydrogens is 190 g/mol. The van der Waals surface area contributed by atoms with Crippen LogP contribution < -0.4 is 5.32 Å². The van der Waals surface area contributed by atoms with Crippen LogP contribution in [0.2, 0.25) is 0 Å². The van der Waals surface area contributed by atoms with Crippen molar-refractivity contribution < 1.29 is 10.2 Å². The fourth-order valence-corrected chi connectivity index (χ4v) is 2.66. The van der Waals surface area contributed by atoms with E-state index in [1.165, 1.54) is 12.8 Å². The summed E-state index contributed by atoms with van der Waals surface area (Å²) in [6, 6.07) is 0.293. The van der Waals surface area contributed by atoms with Crippen molar-refractivity contribution in [2.75, 3.05) is 13.2 Å². The van der Waals surface area contributed by atoms with E-state index >= 15 is 0 Å². The molecule has 0 saturated heterocycles. The molecule has 3 heteroatoms. The average molecular weight is 215 g/mol. The van der Waals surface area contributed by atoms with Crippen molar-refractivity contribution in [3.8, 4) is 0 Å². The molecule has 1 rings (SSSR count). The first-order valence-corrected chi connectivity index (χ1v) is 5.96. The zero-order valence-corrected chi connectivity index (χ0v) is 10.2. The molecule has 3 nitrogen and oxygen atoms in total. The SMILES string of the molecule is CC1CC(C)(C)CCC1NC(CO)CO. The molecule has 0 aromatic carbocycles. The van der Waals surface area contributed by atoms with Crippen LogP contribution in [-0.2, 0) is 0 Å². The van der Waals surface area contributed by atoms with Gasteiger partial charge in [0, 0.05) is 6.04 Å². The Morgan fingerprint density at radius 1 is 1.33 bits per heavy atom. The molecule has 90 valence electrons. The number of hydrogen-bond acceptors (Lipinski definition) is 3. The predicted octanol–water partition coefficient (Wildman–Crippen LogP) is 1.14. The van der Waals surface area contributed by atoms with E-state index in [0.29, 0.717) is 17.4 Å². The van der Waals surface area contributed by atoms with Crippen molar-refractivity contribution in [3.63, 3.8) is 0 Å². The van der Waals surface area contributed by atoms with E-state index in [9.17, 15) is 0 Å². The summed E-state index contributed by atoms with van der Waals surface area (Å²) in [6.07, 6.45) is 3.58.